The second-order valence-electron chi connectivity index (χ2n) is 3.86. The van der Waals surface area contributed by atoms with Gasteiger partial charge in [0.1, 0.15) is 10.6 Å². The Morgan fingerprint density at radius 1 is 1.25 bits per heavy atom. The van der Waals surface area contributed by atoms with Crippen LogP contribution in [0.2, 0.25) is 0 Å². The van der Waals surface area contributed by atoms with E-state index >= 15 is 0 Å². The third kappa shape index (κ3) is 2.36. The zero-order valence-corrected chi connectivity index (χ0v) is 10.4. The summed E-state index contributed by atoms with van der Waals surface area (Å²) in [5, 5.41) is 9.78. The van der Waals surface area contributed by atoms with Gasteiger partial charge in [0.25, 0.3) is 10.1 Å². The van der Waals surface area contributed by atoms with Gasteiger partial charge < -0.3 is 5.11 Å². The van der Waals surface area contributed by atoms with Crippen LogP contribution >= 0.6 is 0 Å². The molecule has 2 N–H and O–H groups in total. The Labute approximate surface area is 95.7 Å². The Bertz CT molecular complexity index is 503. The lowest BCUT2D eigenvalue weighted by Crippen LogP contribution is -2.04. The molecule has 0 atom stereocenters. The van der Waals surface area contributed by atoms with Crippen LogP contribution in [-0.2, 0) is 16.5 Å². The van der Waals surface area contributed by atoms with E-state index in [1.807, 2.05) is 6.92 Å². The number of phenols is 1. The third-order valence-corrected chi connectivity index (χ3v) is 3.64. The molecule has 5 heteroatoms. The summed E-state index contributed by atoms with van der Waals surface area (Å²) in [6.45, 7) is 5.17. The number of hydrogen-bond acceptors (Lipinski definition) is 3. The van der Waals surface area contributed by atoms with Crippen LogP contribution in [0, 0.1) is 13.8 Å². The molecular weight excluding hydrogens is 228 g/mol. The average molecular weight is 244 g/mol. The van der Waals surface area contributed by atoms with Crippen LogP contribution in [0.25, 0.3) is 0 Å². The van der Waals surface area contributed by atoms with E-state index in [-0.39, 0.29) is 16.2 Å². The normalized spacial score (nSPS) is 11.8. The minimum absolute atomic E-state index is 0.0569. The van der Waals surface area contributed by atoms with Crippen LogP contribution in [0.3, 0.4) is 0 Å². The molecule has 0 aliphatic heterocycles. The van der Waals surface area contributed by atoms with Crippen molar-refractivity contribution in [1.82, 2.24) is 0 Å². The maximum atomic E-state index is 11.1. The van der Waals surface area contributed by atoms with Crippen molar-refractivity contribution in [2.45, 2.75) is 38.5 Å². The second-order valence-corrected chi connectivity index (χ2v) is 5.25. The lowest BCUT2D eigenvalue weighted by molar-refractivity contribution is 0.457. The quantitative estimate of drug-likeness (QED) is 0.799. The van der Waals surface area contributed by atoms with Crippen molar-refractivity contribution in [3.8, 4) is 5.75 Å². The molecule has 0 heterocycles. The third-order valence-electron chi connectivity index (χ3n) is 2.66. The highest BCUT2D eigenvalue weighted by Crippen LogP contribution is 2.31. The van der Waals surface area contributed by atoms with Gasteiger partial charge in [0.2, 0.25) is 0 Å². The zero-order chi connectivity index (χ0) is 12.5. The first-order valence-corrected chi connectivity index (χ1v) is 6.52. The van der Waals surface area contributed by atoms with E-state index in [0.717, 1.165) is 12.0 Å². The fraction of sp³-hybridized carbons (Fsp3) is 0.455. The van der Waals surface area contributed by atoms with Gasteiger partial charge in [-0.3, -0.25) is 4.55 Å². The van der Waals surface area contributed by atoms with E-state index in [1.165, 1.54) is 13.0 Å². The SMILES string of the molecule is CCCc1cc(S(=O)(=O)O)c(C)c(O)c1C. The fourth-order valence-corrected chi connectivity index (χ4v) is 2.50. The highest BCUT2D eigenvalue weighted by molar-refractivity contribution is 7.85. The van der Waals surface area contributed by atoms with Gasteiger partial charge in [0.05, 0.1) is 0 Å². The predicted molar refractivity (Wildman–Crippen MR) is 61.4 cm³/mol. The van der Waals surface area contributed by atoms with Gasteiger partial charge in [-0.2, -0.15) is 8.42 Å². The first-order chi connectivity index (χ1) is 7.29. The minimum Gasteiger partial charge on any atom is -0.507 e. The van der Waals surface area contributed by atoms with Crippen LogP contribution in [0.4, 0.5) is 0 Å². The van der Waals surface area contributed by atoms with Gasteiger partial charge in [-0.1, -0.05) is 13.3 Å². The second kappa shape index (κ2) is 4.43. The smallest absolute Gasteiger partial charge is 0.294 e. The topological polar surface area (TPSA) is 74.6 Å². The molecule has 1 aromatic rings. The molecule has 1 aromatic carbocycles. The first kappa shape index (κ1) is 13.0. The number of benzene rings is 1. The van der Waals surface area contributed by atoms with Crippen LogP contribution in [0.1, 0.15) is 30.0 Å². The number of rotatable bonds is 3. The first-order valence-electron chi connectivity index (χ1n) is 5.08. The van der Waals surface area contributed by atoms with Gasteiger partial charge in [-0.05, 0) is 37.5 Å². The number of phenolic OH excluding ortho intramolecular Hbond substituents is 1. The molecule has 0 aliphatic carbocycles. The van der Waals surface area contributed by atoms with Crippen LogP contribution in [0.15, 0.2) is 11.0 Å². The fourth-order valence-electron chi connectivity index (χ4n) is 1.72. The maximum absolute atomic E-state index is 11.1. The molecule has 0 saturated carbocycles. The summed E-state index contributed by atoms with van der Waals surface area (Å²) in [5.74, 6) is -0.0569. The van der Waals surface area contributed by atoms with E-state index in [9.17, 15) is 13.5 Å². The van der Waals surface area contributed by atoms with E-state index in [0.29, 0.717) is 12.0 Å². The van der Waals surface area contributed by atoms with Crippen LogP contribution in [0.5, 0.6) is 5.75 Å². The van der Waals surface area contributed by atoms with Crippen molar-refractivity contribution in [2.75, 3.05) is 0 Å². The van der Waals surface area contributed by atoms with E-state index in [4.69, 9.17) is 4.55 Å². The Morgan fingerprint density at radius 2 is 1.81 bits per heavy atom. The van der Waals surface area contributed by atoms with Crippen molar-refractivity contribution in [1.29, 1.82) is 0 Å². The minimum atomic E-state index is -4.27. The molecular formula is C11H16O4S. The number of aryl methyl sites for hydroxylation is 1. The largest absolute Gasteiger partial charge is 0.507 e. The van der Waals surface area contributed by atoms with Crippen LogP contribution in [-0.4, -0.2) is 18.1 Å². The highest BCUT2D eigenvalue weighted by atomic mass is 32.2. The summed E-state index contributed by atoms with van der Waals surface area (Å²) in [4.78, 5) is -0.209. The Morgan fingerprint density at radius 3 is 2.25 bits per heavy atom. The molecule has 1 rings (SSSR count). The van der Waals surface area contributed by atoms with E-state index in [2.05, 4.69) is 0 Å². The molecule has 0 radical (unpaired) electrons. The van der Waals surface area contributed by atoms with Crippen molar-refractivity contribution >= 4 is 10.1 Å². The van der Waals surface area contributed by atoms with Gasteiger partial charge in [-0.25, -0.2) is 0 Å². The Kier molecular flexibility index (Phi) is 3.60. The lowest BCUT2D eigenvalue weighted by atomic mass is 10.0. The summed E-state index contributed by atoms with van der Waals surface area (Å²) in [5.41, 5.74) is 1.62. The molecule has 0 unspecified atom stereocenters. The molecule has 0 amide bonds. The predicted octanol–water partition coefficient (Wildman–Crippen LogP) is 2.21. The van der Waals surface area contributed by atoms with E-state index < -0.39 is 10.1 Å². The summed E-state index contributed by atoms with van der Waals surface area (Å²) >= 11 is 0. The van der Waals surface area contributed by atoms with E-state index in [1.54, 1.807) is 6.92 Å². The molecule has 0 aliphatic rings. The monoisotopic (exact) mass is 244 g/mol. The molecule has 0 aromatic heterocycles. The molecule has 0 fully saturated rings. The van der Waals surface area contributed by atoms with Crippen LogP contribution < -0.4 is 0 Å². The standard InChI is InChI=1S/C11H16O4S/c1-4-5-9-6-10(16(13,14)15)8(3)11(12)7(9)2/h6,12H,4-5H2,1-3H3,(H,13,14,15). The van der Waals surface area contributed by atoms with Gasteiger partial charge >= 0.3 is 0 Å². The molecule has 4 nitrogen and oxygen atoms in total. The molecule has 0 saturated heterocycles. The van der Waals surface area contributed by atoms with Gasteiger partial charge in [-0.15, -0.1) is 0 Å². The van der Waals surface area contributed by atoms with Crippen molar-refractivity contribution in [2.24, 2.45) is 0 Å². The zero-order valence-electron chi connectivity index (χ0n) is 9.61. The Balaban J connectivity index is 3.54. The molecule has 90 valence electrons. The van der Waals surface area contributed by atoms with Gasteiger partial charge in [0, 0.05) is 5.56 Å². The molecule has 0 spiro atoms. The number of hydrogen-bond donors (Lipinski definition) is 2. The highest BCUT2D eigenvalue weighted by Gasteiger charge is 2.19. The summed E-state index contributed by atoms with van der Waals surface area (Å²) in [6.07, 6.45) is 1.51. The molecule has 16 heavy (non-hydrogen) atoms. The average Bonchev–Trinajstić information content (AvgIpc) is 2.17. The van der Waals surface area contributed by atoms with Crippen molar-refractivity contribution in [3.05, 3.63) is 22.8 Å². The Hall–Kier alpha value is -1.07. The van der Waals surface area contributed by atoms with Crippen molar-refractivity contribution in [3.63, 3.8) is 0 Å². The summed E-state index contributed by atoms with van der Waals surface area (Å²) in [6, 6.07) is 1.43. The summed E-state index contributed by atoms with van der Waals surface area (Å²) < 4.78 is 31.3. The number of aromatic hydroxyl groups is 1. The molecule has 0 bridgehead atoms. The lowest BCUT2D eigenvalue weighted by Gasteiger charge is -2.12. The maximum Gasteiger partial charge on any atom is 0.294 e. The van der Waals surface area contributed by atoms with Crippen molar-refractivity contribution < 1.29 is 18.1 Å². The van der Waals surface area contributed by atoms with Gasteiger partial charge in [0.15, 0.2) is 0 Å². The summed E-state index contributed by atoms with van der Waals surface area (Å²) in [7, 11) is -4.27.